The van der Waals surface area contributed by atoms with Gasteiger partial charge in [0.15, 0.2) is 0 Å². The van der Waals surface area contributed by atoms with E-state index >= 15 is 0 Å². The third-order valence-corrected chi connectivity index (χ3v) is 3.70. The largest absolute Gasteiger partial charge is 0.392 e. The van der Waals surface area contributed by atoms with Gasteiger partial charge >= 0.3 is 0 Å². The van der Waals surface area contributed by atoms with Crippen LogP contribution < -0.4 is 5.32 Å². The molecule has 0 aromatic heterocycles. The van der Waals surface area contributed by atoms with Gasteiger partial charge in [0.2, 0.25) is 0 Å². The summed E-state index contributed by atoms with van der Waals surface area (Å²) in [7, 11) is 0. The lowest BCUT2D eigenvalue weighted by molar-refractivity contribution is 0.0817. The van der Waals surface area contributed by atoms with Gasteiger partial charge in [0.1, 0.15) is 0 Å². The summed E-state index contributed by atoms with van der Waals surface area (Å²) in [5, 5.41) is 13.4. The molecule has 84 valence electrons. The van der Waals surface area contributed by atoms with Crippen molar-refractivity contribution in [1.82, 2.24) is 5.32 Å². The summed E-state index contributed by atoms with van der Waals surface area (Å²) in [5.74, 6) is 0.698. The summed E-state index contributed by atoms with van der Waals surface area (Å²) >= 11 is 0. The number of hydrogen-bond acceptors (Lipinski definition) is 2. The normalized spacial score (nSPS) is 32.6. The molecule has 0 aromatic rings. The van der Waals surface area contributed by atoms with Gasteiger partial charge in [-0.3, -0.25) is 0 Å². The average Bonchev–Trinajstić information content (AvgIpc) is 2.20. The first kappa shape index (κ1) is 12.0. The van der Waals surface area contributed by atoms with Crippen LogP contribution in [0.15, 0.2) is 0 Å². The van der Waals surface area contributed by atoms with Gasteiger partial charge in [0.25, 0.3) is 0 Å². The Morgan fingerprint density at radius 2 is 1.93 bits per heavy atom. The van der Waals surface area contributed by atoms with E-state index in [1.165, 1.54) is 19.3 Å². The maximum Gasteiger partial charge on any atom is 0.0693 e. The smallest absolute Gasteiger partial charge is 0.0693 e. The molecule has 0 unspecified atom stereocenters. The lowest BCUT2D eigenvalue weighted by atomic mass is 9.90. The molecule has 1 saturated carbocycles. The summed E-state index contributed by atoms with van der Waals surface area (Å²) in [6.07, 6.45) is 5.67. The fraction of sp³-hybridized carbons (Fsp3) is 1.00. The fourth-order valence-electron chi connectivity index (χ4n) is 2.16. The molecule has 0 spiro atoms. The van der Waals surface area contributed by atoms with E-state index in [1.54, 1.807) is 0 Å². The Bertz CT molecular complexity index is 160. The van der Waals surface area contributed by atoms with Gasteiger partial charge in [0, 0.05) is 12.1 Å². The molecule has 0 aliphatic heterocycles. The first-order valence-electron chi connectivity index (χ1n) is 6.09. The molecule has 0 heterocycles. The van der Waals surface area contributed by atoms with Crippen LogP contribution in [-0.4, -0.2) is 23.3 Å². The van der Waals surface area contributed by atoms with Crippen molar-refractivity contribution in [2.45, 2.75) is 71.1 Å². The van der Waals surface area contributed by atoms with E-state index in [9.17, 15) is 5.11 Å². The Hall–Kier alpha value is -0.0800. The minimum atomic E-state index is -0.116. The second-order valence-electron chi connectivity index (χ2n) is 4.80. The predicted molar refractivity (Wildman–Crippen MR) is 60.3 cm³/mol. The zero-order valence-corrected chi connectivity index (χ0v) is 9.79. The molecular weight excluding hydrogens is 174 g/mol. The van der Waals surface area contributed by atoms with E-state index in [2.05, 4.69) is 26.1 Å². The zero-order chi connectivity index (χ0) is 10.6. The van der Waals surface area contributed by atoms with E-state index in [-0.39, 0.29) is 6.10 Å². The SMILES string of the molecule is CC[C@H](C)[C@H](C)N[C@H]1CCCC[C@@H]1O. The van der Waals surface area contributed by atoms with Crippen LogP contribution in [0.4, 0.5) is 0 Å². The van der Waals surface area contributed by atoms with Crippen LogP contribution in [0.5, 0.6) is 0 Å². The molecule has 1 rings (SSSR count). The second kappa shape index (κ2) is 5.72. The van der Waals surface area contributed by atoms with Crippen molar-refractivity contribution < 1.29 is 5.11 Å². The van der Waals surface area contributed by atoms with E-state index in [0.717, 1.165) is 12.8 Å². The van der Waals surface area contributed by atoms with Crippen molar-refractivity contribution in [2.24, 2.45) is 5.92 Å². The molecule has 4 atom stereocenters. The highest BCUT2D eigenvalue weighted by atomic mass is 16.3. The number of nitrogens with one attached hydrogen (secondary N) is 1. The predicted octanol–water partition coefficient (Wildman–Crippen LogP) is 2.31. The molecule has 1 aliphatic carbocycles. The van der Waals surface area contributed by atoms with Crippen molar-refractivity contribution in [1.29, 1.82) is 0 Å². The Morgan fingerprint density at radius 1 is 1.29 bits per heavy atom. The van der Waals surface area contributed by atoms with Crippen molar-refractivity contribution in [3.05, 3.63) is 0 Å². The van der Waals surface area contributed by atoms with Crippen LogP contribution >= 0.6 is 0 Å². The van der Waals surface area contributed by atoms with E-state index in [4.69, 9.17) is 0 Å². The molecule has 2 heteroatoms. The summed E-state index contributed by atoms with van der Waals surface area (Å²) in [6.45, 7) is 6.72. The minimum absolute atomic E-state index is 0.116. The monoisotopic (exact) mass is 199 g/mol. The van der Waals surface area contributed by atoms with Crippen LogP contribution in [0.1, 0.15) is 52.9 Å². The van der Waals surface area contributed by atoms with Crippen LogP contribution in [0.2, 0.25) is 0 Å². The minimum Gasteiger partial charge on any atom is -0.392 e. The molecule has 0 bridgehead atoms. The topological polar surface area (TPSA) is 32.3 Å². The van der Waals surface area contributed by atoms with Gasteiger partial charge in [-0.2, -0.15) is 0 Å². The number of hydrogen-bond donors (Lipinski definition) is 2. The van der Waals surface area contributed by atoms with Crippen molar-refractivity contribution in [2.75, 3.05) is 0 Å². The fourth-order valence-corrected chi connectivity index (χ4v) is 2.16. The van der Waals surface area contributed by atoms with Crippen LogP contribution in [0.25, 0.3) is 0 Å². The van der Waals surface area contributed by atoms with Gasteiger partial charge < -0.3 is 10.4 Å². The molecule has 1 fully saturated rings. The Labute approximate surface area is 88.1 Å². The molecule has 2 N–H and O–H groups in total. The van der Waals surface area contributed by atoms with E-state index < -0.39 is 0 Å². The third-order valence-electron chi connectivity index (χ3n) is 3.70. The van der Waals surface area contributed by atoms with Crippen LogP contribution in [-0.2, 0) is 0 Å². The Morgan fingerprint density at radius 3 is 2.50 bits per heavy atom. The first-order valence-corrected chi connectivity index (χ1v) is 6.09. The zero-order valence-electron chi connectivity index (χ0n) is 9.79. The Kier molecular flexibility index (Phi) is 4.90. The summed E-state index contributed by atoms with van der Waals surface area (Å²) in [5.41, 5.74) is 0. The van der Waals surface area contributed by atoms with Gasteiger partial charge in [0.05, 0.1) is 6.10 Å². The van der Waals surface area contributed by atoms with Gasteiger partial charge in [-0.25, -0.2) is 0 Å². The summed E-state index contributed by atoms with van der Waals surface area (Å²) < 4.78 is 0. The molecular formula is C12H25NO. The van der Waals surface area contributed by atoms with Gasteiger partial charge in [-0.1, -0.05) is 33.1 Å². The van der Waals surface area contributed by atoms with Gasteiger partial charge in [-0.15, -0.1) is 0 Å². The lowest BCUT2D eigenvalue weighted by Crippen LogP contribution is -2.47. The average molecular weight is 199 g/mol. The molecule has 0 aromatic carbocycles. The maximum atomic E-state index is 9.81. The van der Waals surface area contributed by atoms with Gasteiger partial charge in [-0.05, 0) is 25.7 Å². The highest BCUT2D eigenvalue weighted by molar-refractivity contribution is 4.83. The molecule has 14 heavy (non-hydrogen) atoms. The molecule has 0 saturated heterocycles. The molecule has 0 radical (unpaired) electrons. The quantitative estimate of drug-likeness (QED) is 0.728. The number of rotatable bonds is 4. The van der Waals surface area contributed by atoms with Crippen molar-refractivity contribution in [3.8, 4) is 0 Å². The molecule has 0 amide bonds. The van der Waals surface area contributed by atoms with E-state index in [0.29, 0.717) is 18.0 Å². The number of aliphatic hydroxyl groups is 1. The Balaban J connectivity index is 2.34. The highest BCUT2D eigenvalue weighted by Gasteiger charge is 2.25. The third kappa shape index (κ3) is 3.25. The first-order chi connectivity index (χ1) is 6.65. The standard InChI is InChI=1S/C12H25NO/c1-4-9(2)10(3)13-11-7-5-6-8-12(11)14/h9-14H,4-8H2,1-3H3/t9-,10-,11-,12-/m0/s1. The lowest BCUT2D eigenvalue weighted by Gasteiger charge is -2.33. The number of aliphatic hydroxyl groups excluding tert-OH is 1. The second-order valence-corrected chi connectivity index (χ2v) is 4.80. The summed E-state index contributed by atoms with van der Waals surface area (Å²) in [4.78, 5) is 0. The van der Waals surface area contributed by atoms with Crippen molar-refractivity contribution >= 4 is 0 Å². The molecule has 2 nitrogen and oxygen atoms in total. The van der Waals surface area contributed by atoms with E-state index in [1.807, 2.05) is 0 Å². The molecule has 1 aliphatic rings. The maximum absolute atomic E-state index is 9.81. The van der Waals surface area contributed by atoms with Crippen LogP contribution in [0.3, 0.4) is 0 Å². The van der Waals surface area contributed by atoms with Crippen molar-refractivity contribution in [3.63, 3.8) is 0 Å². The summed E-state index contributed by atoms with van der Waals surface area (Å²) in [6, 6.07) is 0.866. The highest BCUT2D eigenvalue weighted by Crippen LogP contribution is 2.20. The van der Waals surface area contributed by atoms with Crippen LogP contribution in [0, 0.1) is 5.92 Å².